The Morgan fingerprint density at radius 2 is 2.07 bits per heavy atom. The Labute approximate surface area is 162 Å². The molecule has 0 saturated heterocycles. The Morgan fingerprint density at radius 1 is 1.30 bits per heavy atom. The number of hydrogen-bond acceptors (Lipinski definition) is 7. The number of aliphatic hydroxyl groups excluding tert-OH is 1. The number of benzene rings is 1. The number of para-hydroxylation sites is 1. The molecule has 27 heavy (non-hydrogen) atoms. The predicted octanol–water partition coefficient (Wildman–Crippen LogP) is 3.00. The van der Waals surface area contributed by atoms with Crippen LogP contribution in [0.4, 0.5) is 0 Å². The summed E-state index contributed by atoms with van der Waals surface area (Å²) >= 11 is 1.41. The quantitative estimate of drug-likeness (QED) is 0.584. The third-order valence-corrected chi connectivity index (χ3v) is 5.46. The number of likely N-dealkylation sites (N-methyl/N-ethyl adjacent to an activating group) is 1. The molecule has 2 N–H and O–H groups in total. The molecular formula is C19H26N4O3S. The summed E-state index contributed by atoms with van der Waals surface area (Å²) in [4.78, 5) is 7.90. The maximum absolute atomic E-state index is 10.9. The number of aromatic hydroxyl groups is 1. The topological polar surface area (TPSA) is 83.1 Å². The molecule has 0 saturated carbocycles. The van der Waals surface area contributed by atoms with Crippen molar-refractivity contribution in [1.82, 2.24) is 19.5 Å². The van der Waals surface area contributed by atoms with Gasteiger partial charge >= 0.3 is 0 Å². The lowest BCUT2D eigenvalue weighted by molar-refractivity contribution is 0.171. The third-order valence-electron chi connectivity index (χ3n) is 4.39. The summed E-state index contributed by atoms with van der Waals surface area (Å²) in [6, 6.07) is 7.61. The molecule has 0 amide bonds. The number of aryl methyl sites for hydroxylation is 1. The van der Waals surface area contributed by atoms with Gasteiger partial charge in [0.05, 0.1) is 24.1 Å². The lowest BCUT2D eigenvalue weighted by Crippen LogP contribution is -2.32. The fourth-order valence-electron chi connectivity index (χ4n) is 3.18. The van der Waals surface area contributed by atoms with Gasteiger partial charge in [-0.15, -0.1) is 5.10 Å². The summed E-state index contributed by atoms with van der Waals surface area (Å²) in [5, 5.41) is 24.7. The number of aromatic nitrogens is 3. The van der Waals surface area contributed by atoms with E-state index in [0.717, 1.165) is 22.6 Å². The van der Waals surface area contributed by atoms with Gasteiger partial charge in [-0.25, -0.2) is 4.98 Å². The molecule has 0 radical (unpaired) electrons. The normalized spacial score (nSPS) is 12.8. The lowest BCUT2D eigenvalue weighted by atomic mass is 10.0. The maximum Gasteiger partial charge on any atom is 0.230 e. The van der Waals surface area contributed by atoms with Crippen LogP contribution in [0.5, 0.6) is 11.6 Å². The number of hydrogen-bond donors (Lipinski definition) is 2. The van der Waals surface area contributed by atoms with E-state index in [0.29, 0.717) is 30.5 Å². The summed E-state index contributed by atoms with van der Waals surface area (Å²) in [5.74, 6) is 1.49. The first kappa shape index (κ1) is 19.6. The standard InChI is InChI=1S/C19H26N4O3S/c1-4-12-26-15-9-7-6-8-14(15)16(22(5-2)10-11-24)17-18(25)23-19(27-17)20-13(3)21-23/h6-9,16,24-25H,4-5,10-12H2,1-3H3. The summed E-state index contributed by atoms with van der Waals surface area (Å²) in [5.41, 5.74) is 0.956. The molecule has 8 heteroatoms. The van der Waals surface area contributed by atoms with Crippen LogP contribution in [0.25, 0.3) is 4.96 Å². The fourth-order valence-corrected chi connectivity index (χ4v) is 4.33. The first-order chi connectivity index (χ1) is 13.1. The molecule has 0 fully saturated rings. The number of ether oxygens (including phenoxy) is 1. The highest BCUT2D eigenvalue weighted by atomic mass is 32.1. The molecule has 3 rings (SSSR count). The minimum atomic E-state index is -0.260. The molecule has 146 valence electrons. The fraction of sp³-hybridized carbons (Fsp3) is 0.474. The Balaban J connectivity index is 2.14. The molecule has 1 aromatic carbocycles. The van der Waals surface area contributed by atoms with Gasteiger partial charge in [0.15, 0.2) is 0 Å². The van der Waals surface area contributed by atoms with E-state index in [1.807, 2.05) is 31.2 Å². The summed E-state index contributed by atoms with van der Waals surface area (Å²) < 4.78 is 7.45. The smallest absolute Gasteiger partial charge is 0.230 e. The van der Waals surface area contributed by atoms with Crippen LogP contribution < -0.4 is 4.74 Å². The van der Waals surface area contributed by atoms with Crippen molar-refractivity contribution in [2.45, 2.75) is 33.2 Å². The zero-order valence-electron chi connectivity index (χ0n) is 15.9. The zero-order chi connectivity index (χ0) is 19.4. The van der Waals surface area contributed by atoms with Gasteiger partial charge in [0.1, 0.15) is 11.6 Å². The van der Waals surface area contributed by atoms with Gasteiger partial charge in [0.2, 0.25) is 10.8 Å². The van der Waals surface area contributed by atoms with Gasteiger partial charge in [-0.05, 0) is 26.0 Å². The van der Waals surface area contributed by atoms with E-state index in [4.69, 9.17) is 4.74 Å². The number of aliphatic hydroxyl groups is 1. The second-order valence-electron chi connectivity index (χ2n) is 6.28. The van der Waals surface area contributed by atoms with Crippen molar-refractivity contribution >= 4 is 16.3 Å². The van der Waals surface area contributed by atoms with Crippen LogP contribution >= 0.6 is 11.3 Å². The van der Waals surface area contributed by atoms with Gasteiger partial charge in [0.25, 0.3) is 0 Å². The van der Waals surface area contributed by atoms with Crippen molar-refractivity contribution in [2.24, 2.45) is 0 Å². The molecule has 0 bridgehead atoms. The highest BCUT2D eigenvalue weighted by Gasteiger charge is 2.30. The van der Waals surface area contributed by atoms with E-state index in [2.05, 4.69) is 21.9 Å². The molecule has 0 aliphatic carbocycles. The third kappa shape index (κ3) is 3.92. The Kier molecular flexibility index (Phi) is 6.30. The van der Waals surface area contributed by atoms with Crippen molar-refractivity contribution in [1.29, 1.82) is 0 Å². The molecule has 7 nitrogen and oxygen atoms in total. The monoisotopic (exact) mass is 390 g/mol. The average molecular weight is 391 g/mol. The van der Waals surface area contributed by atoms with Gasteiger partial charge in [-0.1, -0.05) is 43.4 Å². The van der Waals surface area contributed by atoms with Gasteiger partial charge in [-0.3, -0.25) is 4.90 Å². The average Bonchev–Trinajstić information content (AvgIpc) is 3.18. The second-order valence-corrected chi connectivity index (χ2v) is 7.29. The molecular weight excluding hydrogens is 364 g/mol. The number of thiazole rings is 1. The minimum Gasteiger partial charge on any atom is -0.493 e. The van der Waals surface area contributed by atoms with E-state index in [-0.39, 0.29) is 18.5 Å². The highest BCUT2D eigenvalue weighted by Crippen LogP contribution is 2.42. The van der Waals surface area contributed by atoms with E-state index < -0.39 is 0 Å². The van der Waals surface area contributed by atoms with Gasteiger partial charge in [0, 0.05) is 12.1 Å². The van der Waals surface area contributed by atoms with Gasteiger partial charge < -0.3 is 14.9 Å². The molecule has 1 atom stereocenters. The second kappa shape index (κ2) is 8.69. The Morgan fingerprint density at radius 3 is 2.74 bits per heavy atom. The summed E-state index contributed by atoms with van der Waals surface area (Å²) in [6.07, 6.45) is 0.911. The SMILES string of the molecule is CCCOc1ccccc1C(c1sc2nc(C)nn2c1O)N(CC)CCO. The van der Waals surface area contributed by atoms with E-state index >= 15 is 0 Å². The zero-order valence-corrected chi connectivity index (χ0v) is 16.7. The van der Waals surface area contributed by atoms with Crippen LogP contribution in [0.15, 0.2) is 24.3 Å². The molecule has 2 aromatic heterocycles. The first-order valence-corrected chi connectivity index (χ1v) is 10.0. The Hall–Kier alpha value is -2.16. The van der Waals surface area contributed by atoms with E-state index in [1.165, 1.54) is 15.9 Å². The molecule has 2 heterocycles. The van der Waals surface area contributed by atoms with Crippen LogP contribution in [0, 0.1) is 6.92 Å². The number of fused-ring (bicyclic) bond motifs is 1. The van der Waals surface area contributed by atoms with E-state index in [9.17, 15) is 10.2 Å². The molecule has 1 unspecified atom stereocenters. The summed E-state index contributed by atoms with van der Waals surface area (Å²) in [6.45, 7) is 7.75. The molecule has 0 aliphatic rings. The van der Waals surface area contributed by atoms with Crippen LogP contribution in [-0.2, 0) is 0 Å². The van der Waals surface area contributed by atoms with Gasteiger partial charge in [-0.2, -0.15) is 4.52 Å². The van der Waals surface area contributed by atoms with Crippen LogP contribution in [0.1, 0.15) is 42.6 Å². The highest BCUT2D eigenvalue weighted by molar-refractivity contribution is 7.17. The van der Waals surface area contributed by atoms with Crippen molar-refractivity contribution in [3.05, 3.63) is 40.5 Å². The van der Waals surface area contributed by atoms with Crippen LogP contribution in [-0.4, -0.2) is 56.0 Å². The molecule has 0 spiro atoms. The molecule has 3 aromatic rings. The lowest BCUT2D eigenvalue weighted by Gasteiger charge is -2.31. The summed E-state index contributed by atoms with van der Waals surface area (Å²) in [7, 11) is 0. The van der Waals surface area contributed by atoms with Crippen molar-refractivity contribution in [3.63, 3.8) is 0 Å². The Bertz CT molecular complexity index is 892. The van der Waals surface area contributed by atoms with Crippen molar-refractivity contribution < 1.29 is 14.9 Å². The number of rotatable bonds is 9. The largest absolute Gasteiger partial charge is 0.493 e. The molecule has 0 aliphatic heterocycles. The first-order valence-electron chi connectivity index (χ1n) is 9.22. The van der Waals surface area contributed by atoms with Crippen molar-refractivity contribution in [3.8, 4) is 11.6 Å². The minimum absolute atomic E-state index is 0.0307. The van der Waals surface area contributed by atoms with Crippen LogP contribution in [0.2, 0.25) is 0 Å². The van der Waals surface area contributed by atoms with Crippen molar-refractivity contribution in [2.75, 3.05) is 26.3 Å². The predicted molar refractivity (Wildman–Crippen MR) is 106 cm³/mol. The number of nitrogens with zero attached hydrogens (tertiary/aromatic N) is 4. The maximum atomic E-state index is 10.9. The van der Waals surface area contributed by atoms with Crippen LogP contribution in [0.3, 0.4) is 0 Å². The van der Waals surface area contributed by atoms with E-state index in [1.54, 1.807) is 6.92 Å².